The molecule has 1 N–H and O–H groups in total. The number of Topliss-reactive ketones (excluding diaryl/α,β-unsaturated/α-hetero) is 1. The van der Waals surface area contributed by atoms with Crippen LogP contribution in [0.5, 0.6) is 0 Å². The fourth-order valence-electron chi connectivity index (χ4n) is 3.88. The molecule has 3 atom stereocenters. The molecular formula is C27H31NO4. The summed E-state index contributed by atoms with van der Waals surface area (Å²) in [5.41, 5.74) is 2.65. The lowest BCUT2D eigenvalue weighted by molar-refractivity contribution is -0.178. The summed E-state index contributed by atoms with van der Waals surface area (Å²) in [6.45, 7) is 13.1. The number of nitrogens with one attached hydrogen (secondary N) is 1. The van der Waals surface area contributed by atoms with Gasteiger partial charge in [0.05, 0.1) is 12.2 Å². The zero-order chi connectivity index (χ0) is 23.3. The van der Waals surface area contributed by atoms with Gasteiger partial charge in [-0.3, -0.25) is 9.59 Å². The Labute approximate surface area is 190 Å². The Balaban J connectivity index is 1.73. The molecule has 3 unspecified atom stereocenters. The fourth-order valence-corrected chi connectivity index (χ4v) is 3.88. The Morgan fingerprint density at radius 1 is 1.12 bits per heavy atom. The number of hydrogen-bond acceptors (Lipinski definition) is 5. The van der Waals surface area contributed by atoms with E-state index in [0.717, 1.165) is 22.5 Å². The molecule has 0 aliphatic carbocycles. The number of esters is 1. The van der Waals surface area contributed by atoms with E-state index in [-0.39, 0.29) is 12.4 Å². The van der Waals surface area contributed by atoms with E-state index in [2.05, 4.69) is 18.5 Å². The Morgan fingerprint density at radius 2 is 1.78 bits per heavy atom. The highest BCUT2D eigenvalue weighted by Gasteiger charge is 2.54. The van der Waals surface area contributed by atoms with Gasteiger partial charge in [-0.25, -0.2) is 0 Å². The molecule has 0 spiro atoms. The van der Waals surface area contributed by atoms with Crippen molar-refractivity contribution in [2.45, 2.75) is 52.4 Å². The Kier molecular flexibility index (Phi) is 7.31. The largest absolute Gasteiger partial charge is 0.460 e. The van der Waals surface area contributed by atoms with Crippen LogP contribution in [0.15, 0.2) is 79.0 Å². The van der Waals surface area contributed by atoms with Gasteiger partial charge in [0.25, 0.3) is 0 Å². The summed E-state index contributed by atoms with van der Waals surface area (Å²) in [4.78, 5) is 26.3. The highest BCUT2D eigenvalue weighted by molar-refractivity contribution is 6.13. The number of ether oxygens (including phenoxy) is 2. The maximum absolute atomic E-state index is 13.2. The third kappa shape index (κ3) is 5.17. The molecule has 1 aliphatic heterocycles. The van der Waals surface area contributed by atoms with Gasteiger partial charge in [-0.05, 0) is 56.9 Å². The van der Waals surface area contributed by atoms with E-state index >= 15 is 0 Å². The Morgan fingerprint density at radius 3 is 2.41 bits per heavy atom. The number of allylic oxidation sites excluding steroid dienone is 1. The van der Waals surface area contributed by atoms with E-state index in [1.54, 1.807) is 13.8 Å². The minimum Gasteiger partial charge on any atom is -0.460 e. The average Bonchev–Trinajstić information content (AvgIpc) is 2.78. The molecule has 5 nitrogen and oxygen atoms in total. The monoisotopic (exact) mass is 433 g/mol. The summed E-state index contributed by atoms with van der Waals surface area (Å²) < 4.78 is 11.7. The van der Waals surface area contributed by atoms with Crippen LogP contribution in [0.2, 0.25) is 0 Å². The van der Waals surface area contributed by atoms with Gasteiger partial charge in [-0.1, -0.05) is 55.6 Å². The second-order valence-corrected chi connectivity index (χ2v) is 8.53. The van der Waals surface area contributed by atoms with Crippen LogP contribution in [-0.4, -0.2) is 24.0 Å². The number of benzene rings is 2. The number of carbonyl (C=O) groups is 2. The van der Waals surface area contributed by atoms with E-state index in [9.17, 15) is 9.59 Å². The van der Waals surface area contributed by atoms with E-state index < -0.39 is 23.6 Å². The van der Waals surface area contributed by atoms with Crippen LogP contribution in [0.25, 0.3) is 0 Å². The second-order valence-electron chi connectivity index (χ2n) is 8.53. The minimum atomic E-state index is -1.43. The molecule has 2 aromatic carbocycles. The molecule has 3 rings (SSSR count). The van der Waals surface area contributed by atoms with Crippen LogP contribution in [0.3, 0.4) is 0 Å². The third-order valence-corrected chi connectivity index (χ3v) is 5.91. The van der Waals surface area contributed by atoms with Gasteiger partial charge in [0, 0.05) is 17.0 Å². The van der Waals surface area contributed by atoms with Crippen LogP contribution in [0, 0.1) is 5.41 Å². The summed E-state index contributed by atoms with van der Waals surface area (Å²) in [5.74, 6) is -0.884. The smallest absolute Gasteiger partial charge is 0.322 e. The molecule has 168 valence electrons. The average molecular weight is 434 g/mol. The summed E-state index contributed by atoms with van der Waals surface area (Å²) in [7, 11) is 0. The molecule has 1 heterocycles. The Hall–Kier alpha value is -3.18. The Bertz CT molecular complexity index is 996. The lowest BCUT2D eigenvalue weighted by atomic mass is 9.72. The van der Waals surface area contributed by atoms with Gasteiger partial charge < -0.3 is 14.8 Å². The molecule has 0 amide bonds. The molecule has 1 saturated heterocycles. The van der Waals surface area contributed by atoms with Crippen LogP contribution in [-0.2, 0) is 32.1 Å². The van der Waals surface area contributed by atoms with E-state index in [1.807, 2.05) is 61.5 Å². The van der Waals surface area contributed by atoms with Crippen LogP contribution in [0.4, 0.5) is 5.69 Å². The van der Waals surface area contributed by atoms with E-state index in [4.69, 9.17) is 9.47 Å². The van der Waals surface area contributed by atoms with Crippen LogP contribution >= 0.6 is 0 Å². The first-order chi connectivity index (χ1) is 15.2. The molecule has 2 aromatic rings. The zero-order valence-electron chi connectivity index (χ0n) is 19.0. The molecule has 5 heteroatoms. The second kappa shape index (κ2) is 9.96. The number of carbonyl (C=O) groups excluding carboxylic acids is 2. The van der Waals surface area contributed by atoms with E-state index in [0.29, 0.717) is 18.4 Å². The molecule has 0 saturated carbocycles. The minimum absolute atomic E-state index is 0.106. The number of aryl methyl sites for hydroxylation is 1. The summed E-state index contributed by atoms with van der Waals surface area (Å²) in [6, 6.07) is 17.4. The lowest BCUT2D eigenvalue weighted by Gasteiger charge is -2.41. The number of ketones is 1. The first kappa shape index (κ1) is 23.5. The molecule has 1 fully saturated rings. The van der Waals surface area contributed by atoms with Crippen molar-refractivity contribution in [1.82, 2.24) is 0 Å². The van der Waals surface area contributed by atoms with Gasteiger partial charge in [0.1, 0.15) is 6.61 Å². The van der Waals surface area contributed by atoms with Gasteiger partial charge in [0.2, 0.25) is 0 Å². The van der Waals surface area contributed by atoms with Gasteiger partial charge in [0.15, 0.2) is 11.2 Å². The summed E-state index contributed by atoms with van der Waals surface area (Å²) in [5, 5.41) is 3.17. The van der Waals surface area contributed by atoms with Gasteiger partial charge >= 0.3 is 5.97 Å². The van der Waals surface area contributed by atoms with Crippen molar-refractivity contribution in [1.29, 1.82) is 0 Å². The maximum Gasteiger partial charge on any atom is 0.322 e. The first-order valence-corrected chi connectivity index (χ1v) is 10.8. The number of anilines is 1. The molecule has 1 aliphatic rings. The highest BCUT2D eigenvalue weighted by Crippen LogP contribution is 2.39. The van der Waals surface area contributed by atoms with Crippen molar-refractivity contribution < 1.29 is 19.1 Å². The predicted molar refractivity (Wildman–Crippen MR) is 126 cm³/mol. The van der Waals surface area contributed by atoms with Gasteiger partial charge in [-0.2, -0.15) is 0 Å². The van der Waals surface area contributed by atoms with Crippen LogP contribution in [0.1, 0.15) is 38.3 Å². The normalized spacial score (nSPS) is 23.0. The molecule has 32 heavy (non-hydrogen) atoms. The highest BCUT2D eigenvalue weighted by atomic mass is 16.5. The summed E-state index contributed by atoms with van der Waals surface area (Å²) in [6.07, 6.45) is 0.121. The van der Waals surface area contributed by atoms with Crippen LogP contribution < -0.4 is 5.32 Å². The number of rotatable bonds is 8. The topological polar surface area (TPSA) is 64.6 Å². The predicted octanol–water partition coefficient (Wildman–Crippen LogP) is 5.23. The van der Waals surface area contributed by atoms with Gasteiger partial charge in [-0.15, -0.1) is 0 Å². The molecule has 0 bridgehead atoms. The van der Waals surface area contributed by atoms with Crippen molar-refractivity contribution in [3.63, 3.8) is 0 Å². The maximum atomic E-state index is 13.2. The summed E-state index contributed by atoms with van der Waals surface area (Å²) >= 11 is 0. The van der Waals surface area contributed by atoms with Crippen molar-refractivity contribution >= 4 is 17.4 Å². The molecule has 0 radical (unpaired) electrons. The quantitative estimate of drug-likeness (QED) is 0.351. The lowest BCUT2D eigenvalue weighted by Crippen LogP contribution is -2.55. The molecular weight excluding hydrogens is 402 g/mol. The number of hydrogen-bond donors (Lipinski definition) is 1. The zero-order valence-corrected chi connectivity index (χ0v) is 19.0. The van der Waals surface area contributed by atoms with Crippen molar-refractivity contribution in [3.8, 4) is 0 Å². The molecule has 0 aromatic heterocycles. The third-order valence-electron chi connectivity index (χ3n) is 5.91. The first-order valence-electron chi connectivity index (χ1n) is 10.8. The van der Waals surface area contributed by atoms with Crippen molar-refractivity contribution in [2.24, 2.45) is 5.41 Å². The van der Waals surface area contributed by atoms with Crippen molar-refractivity contribution in [3.05, 3.63) is 90.2 Å². The standard InChI is InChI=1S/C27H31NO4/c1-18(2)28-23-14-11-21(12-15-23)13-16-24-27(5,25(29)19(3)20(4)32-24)26(30)31-17-22-9-7-6-8-10-22/h6-12,14-15,20,24,28H,1,3,13,16-17H2,2,4-5H3. The SMILES string of the molecule is C=C(C)Nc1ccc(CCC2OC(C)C(=C)C(=O)C2(C)C(=O)OCc2ccccc2)cc1. The van der Waals surface area contributed by atoms with Crippen molar-refractivity contribution in [2.75, 3.05) is 5.32 Å². The van der Waals surface area contributed by atoms with E-state index in [1.165, 1.54) is 0 Å². The fraction of sp³-hybridized carbons (Fsp3) is 0.333.